The Kier molecular flexibility index (Phi) is 2.88. The third-order valence-electron chi connectivity index (χ3n) is 4.50. The number of H-pyrrole nitrogens is 1. The van der Waals surface area contributed by atoms with Gasteiger partial charge in [-0.3, -0.25) is 4.79 Å². The molecule has 1 N–H and O–H groups in total. The normalized spacial score (nSPS) is 14.1. The van der Waals surface area contributed by atoms with Crippen molar-refractivity contribution in [3.05, 3.63) is 81.3 Å². The molecule has 104 valence electrons. The third-order valence-corrected chi connectivity index (χ3v) is 4.50. The summed E-state index contributed by atoms with van der Waals surface area (Å²) in [6.07, 6.45) is 5.63. The lowest BCUT2D eigenvalue weighted by Gasteiger charge is -2.13. The molecule has 2 heteroatoms. The molecule has 4 bridgehead atoms. The van der Waals surface area contributed by atoms with Gasteiger partial charge in [-0.1, -0.05) is 36.4 Å². The van der Waals surface area contributed by atoms with Crippen LogP contribution < -0.4 is 5.56 Å². The zero-order chi connectivity index (χ0) is 14.2. The van der Waals surface area contributed by atoms with E-state index in [0.717, 1.165) is 42.0 Å². The summed E-state index contributed by atoms with van der Waals surface area (Å²) in [7, 11) is 0. The Morgan fingerprint density at radius 3 is 2.05 bits per heavy atom. The predicted octanol–water partition coefficient (Wildman–Crippen LogP) is 3.41. The lowest BCUT2D eigenvalue weighted by Crippen LogP contribution is -2.10. The smallest absolute Gasteiger partial charge is 0.256 e. The number of pyridine rings is 1. The van der Waals surface area contributed by atoms with Gasteiger partial charge in [0.25, 0.3) is 5.56 Å². The minimum absolute atomic E-state index is 0.0373. The van der Waals surface area contributed by atoms with E-state index in [1.807, 2.05) is 6.07 Å². The minimum Gasteiger partial charge on any atom is -0.329 e. The van der Waals surface area contributed by atoms with Crippen LogP contribution >= 0.6 is 0 Å². The van der Waals surface area contributed by atoms with E-state index in [-0.39, 0.29) is 5.56 Å². The summed E-state index contributed by atoms with van der Waals surface area (Å²) >= 11 is 0. The molecular weight excluding hydrogens is 258 g/mol. The predicted molar refractivity (Wildman–Crippen MR) is 85.8 cm³/mol. The third kappa shape index (κ3) is 2.17. The summed E-state index contributed by atoms with van der Waals surface area (Å²) in [6, 6.07) is 15.3. The Morgan fingerprint density at radius 1 is 0.714 bits per heavy atom. The average molecular weight is 275 g/mol. The van der Waals surface area contributed by atoms with E-state index in [4.69, 9.17) is 0 Å². The van der Waals surface area contributed by atoms with Crippen molar-refractivity contribution in [2.45, 2.75) is 25.7 Å². The molecule has 0 atom stereocenters. The van der Waals surface area contributed by atoms with Gasteiger partial charge in [-0.05, 0) is 59.4 Å². The van der Waals surface area contributed by atoms with Gasteiger partial charge in [0.2, 0.25) is 0 Å². The Labute approximate surface area is 123 Å². The molecule has 2 nitrogen and oxygen atoms in total. The zero-order valence-electron chi connectivity index (χ0n) is 11.9. The molecule has 0 unspecified atom stereocenters. The fraction of sp³-hybridized carbons (Fsp3) is 0.211. The van der Waals surface area contributed by atoms with E-state index in [9.17, 15) is 4.79 Å². The van der Waals surface area contributed by atoms with Crippen molar-refractivity contribution in [2.24, 2.45) is 0 Å². The van der Waals surface area contributed by atoms with Gasteiger partial charge in [0.15, 0.2) is 0 Å². The molecule has 0 aliphatic heterocycles. The number of hydrogen-bond acceptors (Lipinski definition) is 1. The molecule has 4 aliphatic carbocycles. The Balaban J connectivity index is 1.95. The van der Waals surface area contributed by atoms with Crippen LogP contribution in [0.15, 0.2) is 53.5 Å². The molecule has 0 saturated carbocycles. The van der Waals surface area contributed by atoms with Crippen LogP contribution in [-0.2, 0) is 25.7 Å². The van der Waals surface area contributed by atoms with Crippen molar-refractivity contribution >= 4 is 10.8 Å². The van der Waals surface area contributed by atoms with Gasteiger partial charge >= 0.3 is 0 Å². The fourth-order valence-electron chi connectivity index (χ4n) is 3.30. The van der Waals surface area contributed by atoms with E-state index in [1.54, 1.807) is 6.20 Å². The molecule has 3 aromatic rings. The number of aromatic amines is 1. The number of benzene rings is 2. The van der Waals surface area contributed by atoms with Crippen LogP contribution in [0.25, 0.3) is 10.8 Å². The molecule has 1 aromatic heterocycles. The summed E-state index contributed by atoms with van der Waals surface area (Å²) in [5.74, 6) is 0. The maximum absolute atomic E-state index is 12.3. The van der Waals surface area contributed by atoms with Crippen LogP contribution in [0, 0.1) is 0 Å². The highest BCUT2D eigenvalue weighted by Gasteiger charge is 2.11. The lowest BCUT2D eigenvalue weighted by molar-refractivity contribution is 0.932. The summed E-state index contributed by atoms with van der Waals surface area (Å²) in [4.78, 5) is 15.1. The van der Waals surface area contributed by atoms with Crippen LogP contribution in [-0.4, -0.2) is 4.98 Å². The standard InChI is InChI=1S/C19H17NO/c21-19-18-16-8-6-14-3-1-13(2-4-14)5-7-15(9-10-16)17(18)11-12-20-19/h1-4,9-12H,5-8H2,(H,20,21). The summed E-state index contributed by atoms with van der Waals surface area (Å²) in [5, 5.41) is 2.00. The van der Waals surface area contributed by atoms with Crippen LogP contribution in [0.3, 0.4) is 0 Å². The lowest BCUT2D eigenvalue weighted by atomic mass is 9.92. The monoisotopic (exact) mass is 275 g/mol. The number of rotatable bonds is 0. The minimum atomic E-state index is 0.0373. The number of aromatic nitrogens is 1. The van der Waals surface area contributed by atoms with Gasteiger partial charge in [-0.2, -0.15) is 0 Å². The van der Waals surface area contributed by atoms with Crippen molar-refractivity contribution in [1.82, 2.24) is 4.98 Å². The Bertz CT molecular complexity index is 859. The van der Waals surface area contributed by atoms with Crippen molar-refractivity contribution in [2.75, 3.05) is 0 Å². The van der Waals surface area contributed by atoms with Crippen molar-refractivity contribution < 1.29 is 0 Å². The second kappa shape index (κ2) is 4.88. The van der Waals surface area contributed by atoms with E-state index >= 15 is 0 Å². The first kappa shape index (κ1) is 12.4. The fourth-order valence-corrected chi connectivity index (χ4v) is 3.30. The second-order valence-electron chi connectivity index (χ2n) is 5.80. The van der Waals surface area contributed by atoms with Crippen LogP contribution in [0.5, 0.6) is 0 Å². The number of hydrogen-bond donors (Lipinski definition) is 1. The Morgan fingerprint density at radius 2 is 1.33 bits per heavy atom. The van der Waals surface area contributed by atoms with E-state index < -0.39 is 0 Å². The largest absolute Gasteiger partial charge is 0.329 e. The van der Waals surface area contributed by atoms with Gasteiger partial charge in [0.1, 0.15) is 0 Å². The molecule has 0 amide bonds. The van der Waals surface area contributed by atoms with Crippen molar-refractivity contribution in [3.63, 3.8) is 0 Å². The number of aryl methyl sites for hydroxylation is 4. The summed E-state index contributed by atoms with van der Waals surface area (Å²) in [6.45, 7) is 0. The van der Waals surface area contributed by atoms with E-state index in [2.05, 4.69) is 41.4 Å². The first-order chi connectivity index (χ1) is 10.3. The molecule has 7 rings (SSSR count). The molecule has 0 radical (unpaired) electrons. The zero-order valence-corrected chi connectivity index (χ0v) is 11.9. The van der Waals surface area contributed by atoms with Crippen molar-refractivity contribution in [1.29, 1.82) is 0 Å². The maximum atomic E-state index is 12.3. The quantitative estimate of drug-likeness (QED) is 0.670. The van der Waals surface area contributed by atoms with Gasteiger partial charge < -0.3 is 4.98 Å². The highest BCUT2D eigenvalue weighted by Crippen LogP contribution is 2.23. The Hall–Kier alpha value is -2.35. The van der Waals surface area contributed by atoms with Gasteiger partial charge in [0.05, 0.1) is 5.39 Å². The van der Waals surface area contributed by atoms with Gasteiger partial charge in [-0.25, -0.2) is 0 Å². The first-order valence-electron chi connectivity index (χ1n) is 7.51. The van der Waals surface area contributed by atoms with Crippen molar-refractivity contribution in [3.8, 4) is 0 Å². The van der Waals surface area contributed by atoms with Gasteiger partial charge in [0, 0.05) is 6.20 Å². The highest BCUT2D eigenvalue weighted by atomic mass is 16.1. The molecule has 21 heavy (non-hydrogen) atoms. The molecular formula is C19H17NO. The van der Waals surface area contributed by atoms with Crippen LogP contribution in [0.1, 0.15) is 22.3 Å². The summed E-state index contributed by atoms with van der Waals surface area (Å²) in [5.41, 5.74) is 5.16. The topological polar surface area (TPSA) is 32.9 Å². The van der Waals surface area contributed by atoms with Crippen LogP contribution in [0.2, 0.25) is 0 Å². The SMILES string of the molecule is O=c1[nH]ccc2c3ccc(c12)CCc1ccc(cc1)CC3. The molecule has 0 spiro atoms. The molecule has 4 aliphatic rings. The molecule has 0 fully saturated rings. The van der Waals surface area contributed by atoms with Crippen LogP contribution in [0.4, 0.5) is 0 Å². The maximum Gasteiger partial charge on any atom is 0.256 e. The molecule has 2 aromatic carbocycles. The van der Waals surface area contributed by atoms with E-state index in [1.165, 1.54) is 16.7 Å². The highest BCUT2D eigenvalue weighted by molar-refractivity contribution is 5.87. The molecule has 0 saturated heterocycles. The first-order valence-corrected chi connectivity index (χ1v) is 7.51. The second-order valence-corrected chi connectivity index (χ2v) is 5.80. The number of nitrogens with one attached hydrogen (secondary N) is 1. The van der Waals surface area contributed by atoms with E-state index in [0.29, 0.717) is 0 Å². The average Bonchev–Trinajstić information content (AvgIpc) is 2.50. The molecule has 1 heterocycles. The summed E-state index contributed by atoms with van der Waals surface area (Å²) < 4.78 is 0. The van der Waals surface area contributed by atoms with Gasteiger partial charge in [-0.15, -0.1) is 0 Å².